The molecule has 0 aromatic carbocycles. The van der Waals surface area contributed by atoms with Gasteiger partial charge in [0.25, 0.3) is 0 Å². The minimum Gasteiger partial charge on any atom is -0.462 e. The highest BCUT2D eigenvalue weighted by atomic mass is 16.5. The quantitative estimate of drug-likeness (QED) is 0.543. The van der Waals surface area contributed by atoms with Crippen LogP contribution in [-0.4, -0.2) is 12.1 Å². The molecule has 0 bridgehead atoms. The van der Waals surface area contributed by atoms with E-state index in [4.69, 9.17) is 4.74 Å². The molecule has 2 nitrogen and oxygen atoms in total. The second-order valence-corrected chi connectivity index (χ2v) is 7.26. The molecule has 0 aliphatic heterocycles. The van der Waals surface area contributed by atoms with E-state index in [2.05, 4.69) is 40.7 Å². The van der Waals surface area contributed by atoms with Crippen LogP contribution in [0.25, 0.3) is 0 Å². The molecule has 0 saturated heterocycles. The third-order valence-corrected chi connectivity index (χ3v) is 4.34. The van der Waals surface area contributed by atoms with Crippen LogP contribution in [0, 0.1) is 17.3 Å². The normalized spacial score (nSPS) is 23.5. The molecular weight excluding hydrogens is 236 g/mol. The highest BCUT2D eigenvalue weighted by molar-refractivity contribution is 5.66. The summed E-state index contributed by atoms with van der Waals surface area (Å²) in [6.45, 7) is 12.5. The molecule has 0 saturated carbocycles. The van der Waals surface area contributed by atoms with Gasteiger partial charge in [0.2, 0.25) is 0 Å². The van der Waals surface area contributed by atoms with Crippen molar-refractivity contribution in [3.8, 4) is 0 Å². The smallest absolute Gasteiger partial charge is 0.302 e. The molecule has 0 aromatic rings. The third kappa shape index (κ3) is 5.38. The summed E-state index contributed by atoms with van der Waals surface area (Å²) in [6.07, 6.45) is 7.06. The number of hydrogen-bond acceptors (Lipinski definition) is 2. The zero-order valence-corrected chi connectivity index (χ0v) is 13.5. The van der Waals surface area contributed by atoms with Gasteiger partial charge in [-0.1, -0.05) is 39.3 Å². The number of allylic oxidation sites excluding steroid dienone is 2. The van der Waals surface area contributed by atoms with Crippen LogP contribution in [0.15, 0.2) is 11.6 Å². The van der Waals surface area contributed by atoms with E-state index >= 15 is 0 Å². The molecule has 0 heterocycles. The molecule has 110 valence electrons. The molecule has 19 heavy (non-hydrogen) atoms. The van der Waals surface area contributed by atoms with Crippen molar-refractivity contribution in [1.82, 2.24) is 0 Å². The fourth-order valence-electron chi connectivity index (χ4n) is 2.81. The fraction of sp³-hybridized carbons (Fsp3) is 0.824. The predicted molar refractivity (Wildman–Crippen MR) is 79.9 cm³/mol. The van der Waals surface area contributed by atoms with Crippen molar-refractivity contribution in [1.29, 1.82) is 0 Å². The Balaban J connectivity index is 2.61. The maximum atomic E-state index is 11.3. The molecule has 0 aromatic heterocycles. The molecule has 1 aliphatic rings. The number of carbonyl (C=O) groups excluding carboxylic acids is 1. The lowest BCUT2D eigenvalue weighted by atomic mass is 9.75. The minimum atomic E-state index is -0.161. The van der Waals surface area contributed by atoms with Gasteiger partial charge in [-0.25, -0.2) is 0 Å². The Bertz CT molecular complexity index is 336. The maximum absolute atomic E-state index is 11.3. The summed E-state index contributed by atoms with van der Waals surface area (Å²) < 4.78 is 5.54. The maximum Gasteiger partial charge on any atom is 0.302 e. The van der Waals surface area contributed by atoms with Crippen molar-refractivity contribution in [3.63, 3.8) is 0 Å². The topological polar surface area (TPSA) is 26.3 Å². The molecule has 3 atom stereocenters. The molecule has 0 spiro atoms. The first-order valence-electron chi connectivity index (χ1n) is 7.53. The Hall–Kier alpha value is -0.790. The first-order chi connectivity index (χ1) is 8.70. The second kappa shape index (κ2) is 6.58. The van der Waals surface area contributed by atoms with Crippen LogP contribution >= 0.6 is 0 Å². The van der Waals surface area contributed by atoms with Crippen molar-refractivity contribution < 1.29 is 9.53 Å². The molecule has 0 N–H and O–H groups in total. The van der Waals surface area contributed by atoms with Crippen LogP contribution in [-0.2, 0) is 9.53 Å². The van der Waals surface area contributed by atoms with E-state index in [0.29, 0.717) is 5.92 Å². The van der Waals surface area contributed by atoms with E-state index in [1.54, 1.807) is 0 Å². The van der Waals surface area contributed by atoms with Crippen LogP contribution < -0.4 is 0 Å². The van der Waals surface area contributed by atoms with E-state index in [-0.39, 0.29) is 17.5 Å². The van der Waals surface area contributed by atoms with Crippen LogP contribution in [0.3, 0.4) is 0 Å². The first kappa shape index (κ1) is 16.3. The largest absolute Gasteiger partial charge is 0.462 e. The van der Waals surface area contributed by atoms with Crippen LogP contribution in [0.2, 0.25) is 0 Å². The Morgan fingerprint density at radius 2 is 2.11 bits per heavy atom. The molecule has 0 radical (unpaired) electrons. The summed E-state index contributed by atoms with van der Waals surface area (Å²) in [5.41, 5.74) is 1.54. The summed E-state index contributed by atoms with van der Waals surface area (Å²) in [7, 11) is 0. The molecule has 0 amide bonds. The van der Waals surface area contributed by atoms with Crippen molar-refractivity contribution in [2.75, 3.05) is 0 Å². The van der Waals surface area contributed by atoms with Gasteiger partial charge >= 0.3 is 5.97 Å². The van der Waals surface area contributed by atoms with Gasteiger partial charge in [-0.3, -0.25) is 4.79 Å². The summed E-state index contributed by atoms with van der Waals surface area (Å²) in [5.74, 6) is 1.18. The van der Waals surface area contributed by atoms with Gasteiger partial charge in [0, 0.05) is 6.92 Å². The van der Waals surface area contributed by atoms with Gasteiger partial charge < -0.3 is 4.74 Å². The van der Waals surface area contributed by atoms with Gasteiger partial charge in [-0.05, 0) is 49.9 Å². The van der Waals surface area contributed by atoms with Crippen LogP contribution in [0.1, 0.15) is 67.2 Å². The van der Waals surface area contributed by atoms with Gasteiger partial charge in [-0.2, -0.15) is 0 Å². The van der Waals surface area contributed by atoms with Crippen molar-refractivity contribution in [2.45, 2.75) is 73.3 Å². The van der Waals surface area contributed by atoms with Crippen LogP contribution in [0.4, 0.5) is 0 Å². The molecule has 1 aliphatic carbocycles. The average molecular weight is 266 g/mol. The Kier molecular flexibility index (Phi) is 5.64. The number of ether oxygens (including phenoxy) is 1. The third-order valence-electron chi connectivity index (χ3n) is 4.34. The van der Waals surface area contributed by atoms with Crippen molar-refractivity contribution in [3.05, 3.63) is 11.6 Å². The zero-order chi connectivity index (χ0) is 14.6. The number of esters is 1. The van der Waals surface area contributed by atoms with Gasteiger partial charge in [-0.15, -0.1) is 0 Å². The summed E-state index contributed by atoms with van der Waals surface area (Å²) in [4.78, 5) is 11.3. The lowest BCUT2D eigenvalue weighted by molar-refractivity contribution is -0.153. The summed E-state index contributed by atoms with van der Waals surface area (Å²) >= 11 is 0. The summed E-state index contributed by atoms with van der Waals surface area (Å²) in [5, 5.41) is 0. The Labute approximate surface area is 118 Å². The molecular formula is C17H30O2. The lowest BCUT2D eigenvalue weighted by Crippen LogP contribution is -2.34. The SMILES string of the molecule is CC(=O)OC(CC(C)C1CC=C(C)CC1)C(C)(C)C. The first-order valence-corrected chi connectivity index (χ1v) is 7.53. The standard InChI is InChI=1S/C17H30O2/c1-12-7-9-15(10-8-12)13(2)11-16(17(4,5)6)19-14(3)18/h7,13,15-16H,8-11H2,1-6H3. The molecule has 1 rings (SSSR count). The molecule has 0 fully saturated rings. The van der Waals surface area contributed by atoms with Crippen LogP contribution in [0.5, 0.6) is 0 Å². The average Bonchev–Trinajstić information content (AvgIpc) is 2.27. The van der Waals surface area contributed by atoms with Crippen molar-refractivity contribution in [2.24, 2.45) is 17.3 Å². The summed E-state index contributed by atoms with van der Waals surface area (Å²) in [6, 6.07) is 0. The van der Waals surface area contributed by atoms with Crippen molar-refractivity contribution >= 4 is 5.97 Å². The van der Waals surface area contributed by atoms with E-state index in [1.807, 2.05) is 0 Å². The lowest BCUT2D eigenvalue weighted by Gasteiger charge is -2.35. The van der Waals surface area contributed by atoms with E-state index < -0.39 is 0 Å². The monoisotopic (exact) mass is 266 g/mol. The Morgan fingerprint density at radius 1 is 1.47 bits per heavy atom. The van der Waals surface area contributed by atoms with E-state index in [0.717, 1.165) is 12.3 Å². The van der Waals surface area contributed by atoms with E-state index in [9.17, 15) is 4.79 Å². The number of hydrogen-bond donors (Lipinski definition) is 0. The minimum absolute atomic E-state index is 0.0142. The molecule has 3 unspecified atom stereocenters. The number of carbonyl (C=O) groups is 1. The molecule has 2 heteroatoms. The predicted octanol–water partition coefficient (Wildman–Crippen LogP) is 4.74. The van der Waals surface area contributed by atoms with Gasteiger partial charge in [0.15, 0.2) is 0 Å². The Morgan fingerprint density at radius 3 is 2.53 bits per heavy atom. The fourth-order valence-corrected chi connectivity index (χ4v) is 2.81. The van der Waals surface area contributed by atoms with Gasteiger partial charge in [0.1, 0.15) is 6.10 Å². The second-order valence-electron chi connectivity index (χ2n) is 7.26. The van der Waals surface area contributed by atoms with Gasteiger partial charge in [0.05, 0.1) is 0 Å². The highest BCUT2D eigenvalue weighted by Crippen LogP contribution is 2.35. The number of rotatable bonds is 4. The highest BCUT2D eigenvalue weighted by Gasteiger charge is 2.31. The van der Waals surface area contributed by atoms with E-state index in [1.165, 1.54) is 31.8 Å². The zero-order valence-electron chi connectivity index (χ0n) is 13.5.